The van der Waals surface area contributed by atoms with E-state index in [1.54, 1.807) is 22.2 Å². The highest BCUT2D eigenvalue weighted by Gasteiger charge is 2.07. The summed E-state index contributed by atoms with van der Waals surface area (Å²) in [6.07, 6.45) is 3.62. The number of nitrogens with one attached hydrogen (secondary N) is 1. The molecule has 1 aromatic carbocycles. The zero-order valence-corrected chi connectivity index (χ0v) is 12.5. The monoisotopic (exact) mass is 314 g/mol. The van der Waals surface area contributed by atoms with Crippen molar-refractivity contribution >= 4 is 28.6 Å². The highest BCUT2D eigenvalue weighted by Crippen LogP contribution is 2.25. The summed E-state index contributed by atoms with van der Waals surface area (Å²) < 4.78 is 1.79. The molecule has 2 aromatic heterocycles. The van der Waals surface area contributed by atoms with E-state index in [0.717, 1.165) is 16.3 Å². The van der Waals surface area contributed by atoms with Crippen LogP contribution in [0.3, 0.4) is 0 Å². The van der Waals surface area contributed by atoms with Gasteiger partial charge in [0.25, 0.3) is 0 Å². The molecule has 21 heavy (non-hydrogen) atoms. The summed E-state index contributed by atoms with van der Waals surface area (Å²) in [4.78, 5) is 1.10. The first kappa shape index (κ1) is 13.7. The number of aromatic nitrogens is 2. The number of rotatable bonds is 4. The SMILES string of the molecule is N#Cc1csc(CNc2cc(Cl)ccc2-n2cccn2)c1. The fourth-order valence-corrected chi connectivity index (χ4v) is 2.90. The number of nitriles is 1. The van der Waals surface area contributed by atoms with E-state index in [2.05, 4.69) is 16.5 Å². The minimum absolute atomic E-state index is 0.640. The summed E-state index contributed by atoms with van der Waals surface area (Å²) in [5, 5.41) is 19.0. The van der Waals surface area contributed by atoms with Crippen molar-refractivity contribution in [2.45, 2.75) is 6.54 Å². The van der Waals surface area contributed by atoms with Crippen LogP contribution in [0.1, 0.15) is 10.4 Å². The molecule has 2 heterocycles. The number of thiophene rings is 1. The Hall–Kier alpha value is -2.29. The van der Waals surface area contributed by atoms with E-state index in [9.17, 15) is 0 Å². The Bertz CT molecular complexity index is 786. The van der Waals surface area contributed by atoms with E-state index in [4.69, 9.17) is 16.9 Å². The lowest BCUT2D eigenvalue weighted by molar-refractivity contribution is 0.879. The first-order valence-electron chi connectivity index (χ1n) is 6.27. The second-order valence-electron chi connectivity index (χ2n) is 4.38. The van der Waals surface area contributed by atoms with E-state index in [1.807, 2.05) is 41.9 Å². The molecular weight excluding hydrogens is 304 g/mol. The maximum Gasteiger partial charge on any atom is 0.100 e. The molecule has 0 aliphatic heterocycles. The van der Waals surface area contributed by atoms with Crippen LogP contribution in [-0.2, 0) is 6.54 Å². The van der Waals surface area contributed by atoms with Gasteiger partial charge in [-0.05, 0) is 30.3 Å². The van der Waals surface area contributed by atoms with E-state index >= 15 is 0 Å². The summed E-state index contributed by atoms with van der Waals surface area (Å²) in [6, 6.07) is 11.5. The minimum Gasteiger partial charge on any atom is -0.378 e. The minimum atomic E-state index is 0.640. The first-order valence-corrected chi connectivity index (χ1v) is 7.53. The standard InChI is InChI=1S/C15H11ClN4S/c16-12-2-3-15(20-5-1-4-19-20)14(7-12)18-9-13-6-11(8-17)10-21-13/h1-7,10,18H,9H2. The molecule has 0 fully saturated rings. The van der Waals surface area contributed by atoms with Crippen LogP contribution >= 0.6 is 22.9 Å². The van der Waals surface area contributed by atoms with Gasteiger partial charge in [0.15, 0.2) is 0 Å². The molecule has 0 spiro atoms. The molecule has 4 nitrogen and oxygen atoms in total. The van der Waals surface area contributed by atoms with Crippen molar-refractivity contribution in [3.05, 3.63) is 63.6 Å². The van der Waals surface area contributed by atoms with Crippen molar-refractivity contribution in [1.29, 1.82) is 5.26 Å². The summed E-state index contributed by atoms with van der Waals surface area (Å²) >= 11 is 7.64. The van der Waals surface area contributed by atoms with Crippen LogP contribution in [0.4, 0.5) is 5.69 Å². The number of benzene rings is 1. The molecule has 3 aromatic rings. The molecule has 0 aliphatic rings. The zero-order valence-electron chi connectivity index (χ0n) is 11.0. The van der Waals surface area contributed by atoms with Crippen LogP contribution in [0.5, 0.6) is 0 Å². The number of hydrogen-bond donors (Lipinski definition) is 1. The molecule has 0 aliphatic carbocycles. The zero-order chi connectivity index (χ0) is 14.7. The van der Waals surface area contributed by atoms with Gasteiger partial charge in [-0.3, -0.25) is 0 Å². The van der Waals surface area contributed by atoms with Gasteiger partial charge in [-0.15, -0.1) is 11.3 Å². The normalized spacial score (nSPS) is 10.3. The van der Waals surface area contributed by atoms with Crippen LogP contribution in [0.15, 0.2) is 48.1 Å². The van der Waals surface area contributed by atoms with Crippen molar-refractivity contribution in [2.24, 2.45) is 0 Å². The van der Waals surface area contributed by atoms with Crippen molar-refractivity contribution in [2.75, 3.05) is 5.32 Å². The number of nitrogens with zero attached hydrogens (tertiary/aromatic N) is 3. The van der Waals surface area contributed by atoms with Crippen molar-refractivity contribution in [1.82, 2.24) is 9.78 Å². The van der Waals surface area contributed by atoms with Crippen molar-refractivity contribution in [3.63, 3.8) is 0 Å². The van der Waals surface area contributed by atoms with Gasteiger partial charge in [0.05, 0.1) is 16.9 Å². The molecule has 104 valence electrons. The highest BCUT2D eigenvalue weighted by molar-refractivity contribution is 7.10. The summed E-state index contributed by atoms with van der Waals surface area (Å²) in [5.74, 6) is 0. The molecular formula is C15H11ClN4S. The Morgan fingerprint density at radius 2 is 2.29 bits per heavy atom. The first-order chi connectivity index (χ1) is 10.3. The maximum absolute atomic E-state index is 8.85. The quantitative estimate of drug-likeness (QED) is 0.789. The van der Waals surface area contributed by atoms with Crippen molar-refractivity contribution < 1.29 is 0 Å². The van der Waals surface area contributed by atoms with Crippen LogP contribution in [0.2, 0.25) is 5.02 Å². The Kier molecular flexibility index (Phi) is 3.91. The molecule has 0 bridgehead atoms. The number of halogens is 1. The molecule has 0 radical (unpaired) electrons. The molecule has 6 heteroatoms. The Morgan fingerprint density at radius 1 is 1.38 bits per heavy atom. The van der Waals surface area contributed by atoms with Gasteiger partial charge < -0.3 is 5.32 Å². The Balaban J connectivity index is 1.84. The van der Waals surface area contributed by atoms with E-state index < -0.39 is 0 Å². The van der Waals surface area contributed by atoms with Gasteiger partial charge in [0.1, 0.15) is 6.07 Å². The molecule has 0 unspecified atom stereocenters. The van der Waals surface area contributed by atoms with Gasteiger partial charge in [0, 0.05) is 34.2 Å². The predicted molar refractivity (Wildman–Crippen MR) is 84.9 cm³/mol. The van der Waals surface area contributed by atoms with Gasteiger partial charge in [-0.25, -0.2) is 4.68 Å². The van der Waals surface area contributed by atoms with E-state index in [0.29, 0.717) is 17.1 Å². The topological polar surface area (TPSA) is 53.6 Å². The maximum atomic E-state index is 8.85. The second kappa shape index (κ2) is 6.00. The Labute approximate surface area is 131 Å². The molecule has 3 rings (SSSR count). The molecule has 0 saturated carbocycles. The predicted octanol–water partition coefficient (Wildman–Crippen LogP) is 4.07. The van der Waals surface area contributed by atoms with Crippen LogP contribution in [-0.4, -0.2) is 9.78 Å². The molecule has 1 N–H and O–H groups in total. The third-order valence-electron chi connectivity index (χ3n) is 2.95. The fourth-order valence-electron chi connectivity index (χ4n) is 1.98. The van der Waals surface area contributed by atoms with Crippen molar-refractivity contribution in [3.8, 4) is 11.8 Å². The summed E-state index contributed by atoms with van der Waals surface area (Å²) in [6.45, 7) is 0.640. The van der Waals surface area contributed by atoms with E-state index in [1.165, 1.54) is 0 Å². The third kappa shape index (κ3) is 3.07. The number of anilines is 1. The van der Waals surface area contributed by atoms with Gasteiger partial charge in [0.2, 0.25) is 0 Å². The average Bonchev–Trinajstić information content (AvgIpc) is 3.16. The van der Waals surface area contributed by atoms with Gasteiger partial charge >= 0.3 is 0 Å². The van der Waals surface area contributed by atoms with Crippen LogP contribution < -0.4 is 5.32 Å². The summed E-state index contributed by atoms with van der Waals surface area (Å²) in [7, 11) is 0. The Morgan fingerprint density at radius 3 is 3.00 bits per heavy atom. The lowest BCUT2D eigenvalue weighted by atomic mass is 10.2. The smallest absolute Gasteiger partial charge is 0.100 e. The molecule has 0 saturated heterocycles. The number of hydrogen-bond acceptors (Lipinski definition) is 4. The average molecular weight is 315 g/mol. The van der Waals surface area contributed by atoms with Crippen LogP contribution in [0.25, 0.3) is 5.69 Å². The van der Waals surface area contributed by atoms with Crippen LogP contribution in [0, 0.1) is 11.3 Å². The molecule has 0 amide bonds. The third-order valence-corrected chi connectivity index (χ3v) is 4.12. The summed E-state index contributed by atoms with van der Waals surface area (Å²) in [5.41, 5.74) is 2.52. The van der Waals surface area contributed by atoms with Gasteiger partial charge in [-0.2, -0.15) is 10.4 Å². The lowest BCUT2D eigenvalue weighted by Crippen LogP contribution is -2.04. The largest absolute Gasteiger partial charge is 0.378 e. The highest BCUT2D eigenvalue weighted by atomic mass is 35.5. The molecule has 0 atom stereocenters. The van der Waals surface area contributed by atoms with E-state index in [-0.39, 0.29) is 0 Å². The van der Waals surface area contributed by atoms with Gasteiger partial charge in [-0.1, -0.05) is 11.6 Å². The fraction of sp³-hybridized carbons (Fsp3) is 0.0667. The lowest BCUT2D eigenvalue weighted by Gasteiger charge is -2.12. The second-order valence-corrected chi connectivity index (χ2v) is 5.81.